The molecule has 30 heavy (non-hydrogen) atoms. The lowest BCUT2D eigenvalue weighted by molar-refractivity contribution is 0.0956. The number of nitrogens with one attached hydrogen (secondary N) is 1. The highest BCUT2D eigenvalue weighted by atomic mass is 35.5. The van der Waals surface area contributed by atoms with Gasteiger partial charge >= 0.3 is 0 Å². The molecule has 2 heterocycles. The topological polar surface area (TPSA) is 32.3 Å². The number of fused-ring (bicyclic) bond motifs is 2. The van der Waals surface area contributed by atoms with Gasteiger partial charge in [-0.15, -0.1) is 0 Å². The molecule has 0 unspecified atom stereocenters. The second-order valence-electron chi connectivity index (χ2n) is 8.37. The Bertz CT molecular complexity index is 990. The Hall–Kier alpha value is -2.24. The van der Waals surface area contributed by atoms with Gasteiger partial charge in [-0.25, -0.2) is 8.78 Å². The van der Waals surface area contributed by atoms with Crippen LogP contribution in [0, 0.1) is 11.6 Å². The molecule has 1 fully saturated rings. The predicted molar refractivity (Wildman–Crippen MR) is 116 cm³/mol. The highest BCUT2D eigenvalue weighted by molar-refractivity contribution is 6.30. The molecule has 4 rings (SSSR count). The zero-order valence-electron chi connectivity index (χ0n) is 17.1. The summed E-state index contributed by atoms with van der Waals surface area (Å²) in [5, 5.41) is 3.99. The lowest BCUT2D eigenvalue weighted by Gasteiger charge is -2.41. The molecule has 3 nitrogen and oxygen atoms in total. The van der Waals surface area contributed by atoms with Crippen LogP contribution in [0.15, 0.2) is 48.0 Å². The van der Waals surface area contributed by atoms with Crippen LogP contribution in [0.25, 0.3) is 0 Å². The first kappa shape index (κ1) is 21.0. The Morgan fingerprint density at radius 1 is 1.20 bits per heavy atom. The number of rotatable bonds is 3. The van der Waals surface area contributed by atoms with Crippen LogP contribution in [0.2, 0.25) is 5.02 Å². The summed E-state index contributed by atoms with van der Waals surface area (Å²) in [6.45, 7) is 5.65. The summed E-state index contributed by atoms with van der Waals surface area (Å²) in [7, 11) is 0. The van der Waals surface area contributed by atoms with Crippen molar-refractivity contribution in [3.05, 3.63) is 75.8 Å². The summed E-state index contributed by atoms with van der Waals surface area (Å²) >= 11 is 6.34. The molecule has 2 aromatic carbocycles. The molecule has 2 aliphatic rings. The Morgan fingerprint density at radius 3 is 2.50 bits per heavy atom. The maximum atomic E-state index is 14.5. The molecular formula is C24H25ClF2N2O. The zero-order valence-corrected chi connectivity index (χ0v) is 17.9. The number of amides is 1. The smallest absolute Gasteiger partial charge is 0.264 e. The SMILES string of the molecule is CC(C)=CC[C@H]1N(C(=O)c2c(F)cccc2F)c2ccc(Cl)cc2C12CCNCC2. The van der Waals surface area contributed by atoms with Crippen LogP contribution < -0.4 is 10.2 Å². The molecule has 2 aromatic rings. The molecule has 1 saturated heterocycles. The molecule has 158 valence electrons. The number of anilines is 1. The number of carbonyl (C=O) groups is 1. The molecule has 1 atom stereocenters. The van der Waals surface area contributed by atoms with Gasteiger partial charge in [0.15, 0.2) is 0 Å². The van der Waals surface area contributed by atoms with Crippen LogP contribution in [0.5, 0.6) is 0 Å². The molecule has 0 aliphatic carbocycles. The van der Waals surface area contributed by atoms with Crippen molar-refractivity contribution in [2.24, 2.45) is 0 Å². The molecule has 1 spiro atoms. The average Bonchev–Trinajstić information content (AvgIpc) is 2.95. The molecule has 0 saturated carbocycles. The van der Waals surface area contributed by atoms with Gasteiger partial charge in [-0.3, -0.25) is 4.79 Å². The highest BCUT2D eigenvalue weighted by Gasteiger charge is 2.53. The number of hydrogen-bond acceptors (Lipinski definition) is 2. The molecule has 1 N–H and O–H groups in total. The van der Waals surface area contributed by atoms with E-state index >= 15 is 0 Å². The second kappa shape index (κ2) is 8.12. The fraction of sp³-hybridized carbons (Fsp3) is 0.375. The van der Waals surface area contributed by atoms with Gasteiger partial charge in [0.05, 0.1) is 6.04 Å². The van der Waals surface area contributed by atoms with Crippen LogP contribution >= 0.6 is 11.6 Å². The minimum atomic E-state index is -0.845. The van der Waals surface area contributed by atoms with Crippen LogP contribution in [0.1, 0.15) is 49.0 Å². The molecule has 0 radical (unpaired) electrons. The van der Waals surface area contributed by atoms with Gasteiger partial charge in [0.1, 0.15) is 17.2 Å². The number of carbonyl (C=O) groups excluding carboxylic acids is 1. The third kappa shape index (κ3) is 3.44. The van der Waals surface area contributed by atoms with Crippen molar-refractivity contribution >= 4 is 23.2 Å². The van der Waals surface area contributed by atoms with Gasteiger partial charge in [0.25, 0.3) is 5.91 Å². The fourth-order valence-electron chi connectivity index (χ4n) is 4.94. The van der Waals surface area contributed by atoms with Gasteiger partial charge in [0, 0.05) is 16.1 Å². The minimum Gasteiger partial charge on any atom is -0.317 e. The van der Waals surface area contributed by atoms with E-state index in [1.165, 1.54) is 6.07 Å². The first-order valence-corrected chi connectivity index (χ1v) is 10.6. The number of hydrogen-bond donors (Lipinski definition) is 1. The van der Waals surface area contributed by atoms with E-state index in [0.29, 0.717) is 17.1 Å². The van der Waals surface area contributed by atoms with E-state index in [1.54, 1.807) is 17.0 Å². The maximum absolute atomic E-state index is 14.5. The van der Waals surface area contributed by atoms with Crippen molar-refractivity contribution in [3.63, 3.8) is 0 Å². The van der Waals surface area contributed by atoms with E-state index in [9.17, 15) is 13.6 Å². The third-order valence-electron chi connectivity index (χ3n) is 6.34. The van der Waals surface area contributed by atoms with Crippen molar-refractivity contribution < 1.29 is 13.6 Å². The molecular weight excluding hydrogens is 406 g/mol. The Labute approximate surface area is 180 Å². The molecule has 2 aliphatic heterocycles. The van der Waals surface area contributed by atoms with E-state index in [2.05, 4.69) is 11.4 Å². The van der Waals surface area contributed by atoms with Crippen molar-refractivity contribution in [1.29, 1.82) is 0 Å². The zero-order chi connectivity index (χ0) is 21.5. The number of piperidine rings is 1. The van der Waals surface area contributed by atoms with Crippen molar-refractivity contribution in [2.75, 3.05) is 18.0 Å². The highest BCUT2D eigenvalue weighted by Crippen LogP contribution is 2.52. The number of benzene rings is 2. The summed E-state index contributed by atoms with van der Waals surface area (Å²) in [6, 6.07) is 8.74. The van der Waals surface area contributed by atoms with Gasteiger partial charge in [-0.05, 0) is 82.1 Å². The summed E-state index contributed by atoms with van der Waals surface area (Å²) in [5.41, 5.74) is 2.01. The quantitative estimate of drug-likeness (QED) is 0.640. The maximum Gasteiger partial charge on any atom is 0.264 e. The third-order valence-corrected chi connectivity index (χ3v) is 6.58. The van der Waals surface area contributed by atoms with Gasteiger partial charge < -0.3 is 10.2 Å². The fourth-order valence-corrected chi connectivity index (χ4v) is 5.11. The number of allylic oxidation sites excluding steroid dienone is 1. The molecule has 0 bridgehead atoms. The Balaban J connectivity index is 1.91. The van der Waals surface area contributed by atoms with E-state index in [1.807, 2.05) is 19.9 Å². The first-order valence-electron chi connectivity index (χ1n) is 10.3. The van der Waals surface area contributed by atoms with Crippen LogP contribution in [-0.4, -0.2) is 25.0 Å². The van der Waals surface area contributed by atoms with Crippen LogP contribution in [0.4, 0.5) is 14.5 Å². The lowest BCUT2D eigenvalue weighted by Crippen LogP contribution is -2.52. The number of halogens is 3. The normalized spacial score (nSPS) is 19.6. The summed E-state index contributed by atoms with van der Waals surface area (Å²) < 4.78 is 29.1. The Morgan fingerprint density at radius 2 is 1.87 bits per heavy atom. The van der Waals surface area contributed by atoms with E-state index < -0.39 is 23.1 Å². The van der Waals surface area contributed by atoms with E-state index in [-0.39, 0.29) is 11.5 Å². The average molecular weight is 431 g/mol. The molecule has 0 aromatic heterocycles. The van der Waals surface area contributed by atoms with Gasteiger partial charge in [-0.1, -0.05) is 29.3 Å². The summed E-state index contributed by atoms with van der Waals surface area (Å²) in [4.78, 5) is 15.2. The van der Waals surface area contributed by atoms with Crippen LogP contribution in [-0.2, 0) is 5.41 Å². The monoisotopic (exact) mass is 430 g/mol. The second-order valence-corrected chi connectivity index (χ2v) is 8.81. The lowest BCUT2D eigenvalue weighted by atomic mass is 9.69. The Kier molecular flexibility index (Phi) is 5.69. The molecule has 1 amide bonds. The predicted octanol–water partition coefficient (Wildman–Crippen LogP) is 5.62. The van der Waals surface area contributed by atoms with E-state index in [4.69, 9.17) is 11.6 Å². The van der Waals surface area contributed by atoms with Crippen molar-refractivity contribution in [3.8, 4) is 0 Å². The summed E-state index contributed by atoms with van der Waals surface area (Å²) in [6.07, 6.45) is 4.35. The largest absolute Gasteiger partial charge is 0.317 e. The van der Waals surface area contributed by atoms with E-state index in [0.717, 1.165) is 49.2 Å². The van der Waals surface area contributed by atoms with Crippen molar-refractivity contribution in [1.82, 2.24) is 5.32 Å². The summed E-state index contributed by atoms with van der Waals surface area (Å²) in [5.74, 6) is -2.33. The molecule has 6 heteroatoms. The minimum absolute atomic E-state index is 0.241. The van der Waals surface area contributed by atoms with Crippen molar-refractivity contribution in [2.45, 2.75) is 44.6 Å². The first-order chi connectivity index (χ1) is 14.3. The number of nitrogens with zero attached hydrogens (tertiary/aromatic N) is 1. The standard InChI is InChI=1S/C24H25ClF2N2O/c1-15(2)6-9-21-24(10-12-28-13-11-24)17-14-16(25)7-8-20(17)29(21)23(30)22-18(26)4-3-5-19(22)27/h3-8,14,21,28H,9-13H2,1-2H3/t21-/m1/s1. The van der Waals surface area contributed by atoms with Gasteiger partial charge in [-0.2, -0.15) is 0 Å². The van der Waals surface area contributed by atoms with Crippen LogP contribution in [0.3, 0.4) is 0 Å². The van der Waals surface area contributed by atoms with Gasteiger partial charge in [0.2, 0.25) is 0 Å².